The SMILES string of the molecule is CCCCN(CCCC)c1nc(Nc2cc(C)ccc2C)c2nccnc2n1. The van der Waals surface area contributed by atoms with Crippen LogP contribution >= 0.6 is 0 Å². The zero-order valence-corrected chi connectivity index (χ0v) is 17.4. The molecule has 0 aliphatic heterocycles. The fourth-order valence-corrected chi connectivity index (χ4v) is 3.09. The zero-order valence-electron chi connectivity index (χ0n) is 17.4. The van der Waals surface area contributed by atoms with E-state index in [2.05, 4.69) is 66.1 Å². The summed E-state index contributed by atoms with van der Waals surface area (Å²) in [5.41, 5.74) is 4.71. The lowest BCUT2D eigenvalue weighted by Crippen LogP contribution is -2.28. The molecule has 6 heteroatoms. The molecule has 0 saturated heterocycles. The topological polar surface area (TPSA) is 66.8 Å². The van der Waals surface area contributed by atoms with Gasteiger partial charge in [-0.3, -0.25) is 0 Å². The molecule has 3 rings (SSSR count). The summed E-state index contributed by atoms with van der Waals surface area (Å²) in [5.74, 6) is 1.43. The van der Waals surface area contributed by atoms with Gasteiger partial charge in [0.1, 0.15) is 0 Å². The van der Waals surface area contributed by atoms with Gasteiger partial charge in [0.25, 0.3) is 0 Å². The van der Waals surface area contributed by atoms with E-state index in [-0.39, 0.29) is 0 Å². The predicted molar refractivity (Wildman–Crippen MR) is 116 cm³/mol. The minimum atomic E-state index is 0.623. The first-order valence-electron chi connectivity index (χ1n) is 10.2. The van der Waals surface area contributed by atoms with Gasteiger partial charge in [-0.05, 0) is 43.9 Å². The molecule has 0 aliphatic rings. The van der Waals surface area contributed by atoms with E-state index in [0.717, 1.165) is 56.0 Å². The van der Waals surface area contributed by atoms with Crippen LogP contribution < -0.4 is 10.2 Å². The van der Waals surface area contributed by atoms with Crippen molar-refractivity contribution in [1.82, 2.24) is 19.9 Å². The number of hydrogen-bond donors (Lipinski definition) is 1. The number of aromatic nitrogens is 4. The largest absolute Gasteiger partial charge is 0.341 e. The average molecular weight is 379 g/mol. The molecule has 0 radical (unpaired) electrons. The summed E-state index contributed by atoms with van der Waals surface area (Å²) >= 11 is 0. The van der Waals surface area contributed by atoms with Crippen molar-refractivity contribution in [1.29, 1.82) is 0 Å². The summed E-state index contributed by atoms with van der Waals surface area (Å²) in [4.78, 5) is 20.8. The molecule has 1 aromatic carbocycles. The standard InChI is InChI=1S/C22H30N6/c1-5-7-13-28(14-8-6-2)22-26-20-19(23-11-12-24-20)21(27-22)25-18-15-16(3)9-10-17(18)4/h9-12,15H,5-8,13-14H2,1-4H3,(H,24,25,26,27). The highest BCUT2D eigenvalue weighted by Gasteiger charge is 2.15. The Morgan fingerprint density at radius 3 is 2.36 bits per heavy atom. The minimum absolute atomic E-state index is 0.623. The van der Waals surface area contributed by atoms with Crippen LogP contribution in [-0.4, -0.2) is 33.0 Å². The molecule has 6 nitrogen and oxygen atoms in total. The maximum atomic E-state index is 4.87. The molecule has 0 bridgehead atoms. The van der Waals surface area contributed by atoms with Crippen LogP contribution in [0.5, 0.6) is 0 Å². The van der Waals surface area contributed by atoms with Crippen LogP contribution in [0.25, 0.3) is 11.2 Å². The van der Waals surface area contributed by atoms with E-state index in [4.69, 9.17) is 9.97 Å². The summed E-state index contributed by atoms with van der Waals surface area (Å²) in [7, 11) is 0. The second-order valence-corrected chi connectivity index (χ2v) is 7.24. The van der Waals surface area contributed by atoms with Crippen molar-refractivity contribution in [3.63, 3.8) is 0 Å². The summed E-state index contributed by atoms with van der Waals surface area (Å²) in [6.45, 7) is 10.5. The minimum Gasteiger partial charge on any atom is -0.341 e. The Balaban J connectivity index is 2.03. The highest BCUT2D eigenvalue weighted by atomic mass is 15.3. The third-order valence-corrected chi connectivity index (χ3v) is 4.81. The Labute approximate surface area is 167 Å². The van der Waals surface area contributed by atoms with Gasteiger partial charge in [0, 0.05) is 31.2 Å². The Hall–Kier alpha value is -2.76. The van der Waals surface area contributed by atoms with Crippen LogP contribution in [0.15, 0.2) is 30.6 Å². The Morgan fingerprint density at radius 2 is 1.64 bits per heavy atom. The van der Waals surface area contributed by atoms with Crippen molar-refractivity contribution < 1.29 is 0 Å². The number of nitrogens with one attached hydrogen (secondary N) is 1. The summed E-state index contributed by atoms with van der Waals surface area (Å²) in [6, 6.07) is 6.36. The summed E-state index contributed by atoms with van der Waals surface area (Å²) in [6.07, 6.45) is 7.89. The zero-order chi connectivity index (χ0) is 19.9. The van der Waals surface area contributed by atoms with Gasteiger partial charge in [0.05, 0.1) is 0 Å². The maximum absolute atomic E-state index is 4.87. The van der Waals surface area contributed by atoms with E-state index in [1.54, 1.807) is 12.4 Å². The third-order valence-electron chi connectivity index (χ3n) is 4.81. The molecule has 28 heavy (non-hydrogen) atoms. The molecular formula is C22H30N6. The van der Waals surface area contributed by atoms with E-state index in [0.29, 0.717) is 17.0 Å². The number of fused-ring (bicyclic) bond motifs is 1. The quantitative estimate of drug-likeness (QED) is 0.553. The molecule has 0 atom stereocenters. The van der Waals surface area contributed by atoms with Crippen LogP contribution in [0.2, 0.25) is 0 Å². The number of unbranched alkanes of at least 4 members (excludes halogenated alkanes) is 2. The molecule has 148 valence electrons. The van der Waals surface area contributed by atoms with Crippen LogP contribution in [-0.2, 0) is 0 Å². The van der Waals surface area contributed by atoms with Crippen LogP contribution in [0.4, 0.5) is 17.5 Å². The number of rotatable bonds is 9. The number of aryl methyl sites for hydroxylation is 2. The van der Waals surface area contributed by atoms with Gasteiger partial charge in [0.15, 0.2) is 17.0 Å². The molecule has 1 N–H and O–H groups in total. The maximum Gasteiger partial charge on any atom is 0.229 e. The number of nitrogens with zero attached hydrogens (tertiary/aromatic N) is 5. The van der Waals surface area contributed by atoms with Gasteiger partial charge in [-0.25, -0.2) is 9.97 Å². The molecule has 0 fully saturated rings. The lowest BCUT2D eigenvalue weighted by atomic mass is 10.1. The van der Waals surface area contributed by atoms with Crippen molar-refractivity contribution in [2.24, 2.45) is 0 Å². The smallest absolute Gasteiger partial charge is 0.229 e. The summed E-state index contributed by atoms with van der Waals surface area (Å²) < 4.78 is 0. The van der Waals surface area contributed by atoms with Crippen LogP contribution in [0.3, 0.4) is 0 Å². The van der Waals surface area contributed by atoms with Gasteiger partial charge in [0.2, 0.25) is 5.95 Å². The molecule has 2 aromatic heterocycles. The van der Waals surface area contributed by atoms with Crippen molar-refractivity contribution >= 4 is 28.6 Å². The van der Waals surface area contributed by atoms with Gasteiger partial charge >= 0.3 is 0 Å². The molecule has 0 amide bonds. The monoisotopic (exact) mass is 378 g/mol. The van der Waals surface area contributed by atoms with Gasteiger partial charge in [-0.1, -0.05) is 38.8 Å². The van der Waals surface area contributed by atoms with Gasteiger partial charge < -0.3 is 10.2 Å². The molecule has 0 spiro atoms. The number of hydrogen-bond acceptors (Lipinski definition) is 6. The fraction of sp³-hybridized carbons (Fsp3) is 0.455. The first-order chi connectivity index (χ1) is 13.6. The van der Waals surface area contributed by atoms with Gasteiger partial charge in [-0.2, -0.15) is 9.97 Å². The average Bonchev–Trinajstić information content (AvgIpc) is 2.71. The highest BCUT2D eigenvalue weighted by Crippen LogP contribution is 2.26. The highest BCUT2D eigenvalue weighted by molar-refractivity contribution is 5.86. The molecule has 3 aromatic rings. The van der Waals surface area contributed by atoms with E-state index in [1.807, 2.05) is 0 Å². The second kappa shape index (κ2) is 9.44. The lowest BCUT2D eigenvalue weighted by molar-refractivity contribution is 0.664. The first kappa shape index (κ1) is 20.0. The Morgan fingerprint density at radius 1 is 0.929 bits per heavy atom. The van der Waals surface area contributed by atoms with Crippen molar-refractivity contribution in [3.8, 4) is 0 Å². The van der Waals surface area contributed by atoms with E-state index in [1.165, 1.54) is 5.56 Å². The fourth-order valence-electron chi connectivity index (χ4n) is 3.09. The molecule has 0 unspecified atom stereocenters. The normalized spacial score (nSPS) is 11.0. The first-order valence-corrected chi connectivity index (χ1v) is 10.2. The Bertz CT molecular complexity index is 916. The van der Waals surface area contributed by atoms with E-state index in [9.17, 15) is 0 Å². The predicted octanol–water partition coefficient (Wildman–Crippen LogP) is 5.19. The second-order valence-electron chi connectivity index (χ2n) is 7.24. The number of benzene rings is 1. The molecule has 0 aliphatic carbocycles. The van der Waals surface area contributed by atoms with Crippen molar-refractivity contribution in [3.05, 3.63) is 41.7 Å². The van der Waals surface area contributed by atoms with Crippen LogP contribution in [0, 0.1) is 13.8 Å². The summed E-state index contributed by atoms with van der Waals surface area (Å²) in [5, 5.41) is 3.48. The van der Waals surface area contributed by atoms with Crippen LogP contribution in [0.1, 0.15) is 50.7 Å². The van der Waals surface area contributed by atoms with E-state index >= 15 is 0 Å². The van der Waals surface area contributed by atoms with E-state index < -0.39 is 0 Å². The molecular weight excluding hydrogens is 348 g/mol. The lowest BCUT2D eigenvalue weighted by Gasteiger charge is -2.23. The van der Waals surface area contributed by atoms with Crippen molar-refractivity contribution in [2.75, 3.05) is 23.3 Å². The van der Waals surface area contributed by atoms with Crippen molar-refractivity contribution in [2.45, 2.75) is 53.4 Å². The third kappa shape index (κ3) is 4.74. The molecule has 2 heterocycles. The number of anilines is 3. The Kier molecular flexibility index (Phi) is 6.74. The molecule has 0 saturated carbocycles. The van der Waals surface area contributed by atoms with Gasteiger partial charge in [-0.15, -0.1) is 0 Å².